The van der Waals surface area contributed by atoms with Gasteiger partial charge in [0.15, 0.2) is 0 Å². The van der Waals surface area contributed by atoms with Crippen LogP contribution >= 0.6 is 25.3 Å². The quantitative estimate of drug-likeness (QED) is 0.605. The van der Waals surface area contributed by atoms with Gasteiger partial charge in [0.05, 0.1) is 11.3 Å². The van der Waals surface area contributed by atoms with Gasteiger partial charge in [-0.25, -0.2) is 0 Å². The third kappa shape index (κ3) is 2.81. The van der Waals surface area contributed by atoms with Crippen LogP contribution in [0, 0.1) is 0 Å². The average molecular weight is 234 g/mol. The van der Waals surface area contributed by atoms with Gasteiger partial charge in [0.2, 0.25) is 5.91 Å². The zero-order chi connectivity index (χ0) is 10.7. The van der Waals surface area contributed by atoms with Crippen molar-refractivity contribution >= 4 is 31.2 Å². The fourth-order valence-electron chi connectivity index (χ4n) is 1.67. The van der Waals surface area contributed by atoms with Crippen LogP contribution in [0.15, 0.2) is 0 Å². The van der Waals surface area contributed by atoms with Crippen LogP contribution in [0.25, 0.3) is 0 Å². The number of carbonyl (C=O) groups excluding carboxylic acids is 1. The summed E-state index contributed by atoms with van der Waals surface area (Å²) >= 11 is 8.58. The lowest BCUT2D eigenvalue weighted by molar-refractivity contribution is -0.133. The molecule has 14 heavy (non-hydrogen) atoms. The SMILES string of the molecule is CC(S)C(=O)N1CCNC[C@@H]1C(C)S. The van der Waals surface area contributed by atoms with Crippen molar-refractivity contribution in [1.82, 2.24) is 10.2 Å². The molecule has 0 aromatic carbocycles. The van der Waals surface area contributed by atoms with Gasteiger partial charge in [-0.1, -0.05) is 6.92 Å². The smallest absolute Gasteiger partial charge is 0.235 e. The first-order valence-electron chi connectivity index (χ1n) is 4.91. The second-order valence-corrected chi connectivity index (χ2v) is 5.31. The molecular weight excluding hydrogens is 216 g/mol. The minimum absolute atomic E-state index is 0.112. The van der Waals surface area contributed by atoms with E-state index in [1.165, 1.54) is 0 Å². The maximum absolute atomic E-state index is 11.8. The van der Waals surface area contributed by atoms with Gasteiger partial charge in [-0.15, -0.1) is 0 Å². The second kappa shape index (κ2) is 5.28. The van der Waals surface area contributed by atoms with E-state index in [4.69, 9.17) is 0 Å². The molecule has 0 bridgehead atoms. The van der Waals surface area contributed by atoms with E-state index in [0.717, 1.165) is 19.6 Å². The standard InChI is InChI=1S/C9H18N2OS2/c1-6(13)8-5-10-3-4-11(8)9(12)7(2)14/h6-8,10,13-14H,3-5H2,1-2H3/t6?,7?,8-/m1/s1. The fourth-order valence-corrected chi connectivity index (χ4v) is 2.08. The molecular formula is C9H18N2OS2. The van der Waals surface area contributed by atoms with Crippen LogP contribution in [0.4, 0.5) is 0 Å². The van der Waals surface area contributed by atoms with Gasteiger partial charge in [0.1, 0.15) is 0 Å². The number of amides is 1. The fraction of sp³-hybridized carbons (Fsp3) is 0.889. The van der Waals surface area contributed by atoms with Crippen LogP contribution in [0.3, 0.4) is 0 Å². The van der Waals surface area contributed by atoms with Crippen LogP contribution < -0.4 is 5.32 Å². The monoisotopic (exact) mass is 234 g/mol. The zero-order valence-corrected chi connectivity index (χ0v) is 10.4. The second-order valence-electron chi connectivity index (χ2n) is 3.72. The molecule has 1 saturated heterocycles. The van der Waals surface area contributed by atoms with Crippen molar-refractivity contribution in [3.05, 3.63) is 0 Å². The predicted molar refractivity (Wildman–Crippen MR) is 65.3 cm³/mol. The number of piperazine rings is 1. The predicted octanol–water partition coefficient (Wildman–Crippen LogP) is 0.423. The Balaban J connectivity index is 2.67. The summed E-state index contributed by atoms with van der Waals surface area (Å²) in [5, 5.41) is 3.25. The van der Waals surface area contributed by atoms with E-state index in [9.17, 15) is 4.79 Å². The molecule has 0 saturated carbocycles. The molecule has 1 rings (SSSR count). The van der Waals surface area contributed by atoms with Crippen LogP contribution in [0.5, 0.6) is 0 Å². The van der Waals surface area contributed by atoms with Crippen molar-refractivity contribution in [2.45, 2.75) is 30.4 Å². The van der Waals surface area contributed by atoms with Crippen molar-refractivity contribution in [2.24, 2.45) is 0 Å². The van der Waals surface area contributed by atoms with Crippen molar-refractivity contribution in [3.8, 4) is 0 Å². The molecule has 3 atom stereocenters. The Kier molecular flexibility index (Phi) is 4.60. The normalized spacial score (nSPS) is 27.1. The van der Waals surface area contributed by atoms with E-state index < -0.39 is 0 Å². The molecule has 1 heterocycles. The van der Waals surface area contributed by atoms with E-state index in [1.807, 2.05) is 18.7 Å². The van der Waals surface area contributed by atoms with E-state index in [-0.39, 0.29) is 22.4 Å². The topological polar surface area (TPSA) is 32.3 Å². The van der Waals surface area contributed by atoms with Gasteiger partial charge >= 0.3 is 0 Å². The average Bonchev–Trinajstić information content (AvgIpc) is 2.16. The highest BCUT2D eigenvalue weighted by atomic mass is 32.1. The Morgan fingerprint density at radius 1 is 1.50 bits per heavy atom. The molecule has 1 amide bonds. The minimum atomic E-state index is -0.220. The molecule has 0 aliphatic carbocycles. The molecule has 82 valence electrons. The van der Waals surface area contributed by atoms with E-state index in [0.29, 0.717) is 0 Å². The van der Waals surface area contributed by atoms with Gasteiger partial charge in [-0.3, -0.25) is 4.79 Å². The Morgan fingerprint density at radius 2 is 2.14 bits per heavy atom. The van der Waals surface area contributed by atoms with Gasteiger partial charge in [-0.2, -0.15) is 25.3 Å². The summed E-state index contributed by atoms with van der Waals surface area (Å²) in [5.41, 5.74) is 0. The largest absolute Gasteiger partial charge is 0.335 e. The molecule has 1 aliphatic heterocycles. The molecule has 2 unspecified atom stereocenters. The van der Waals surface area contributed by atoms with E-state index in [2.05, 4.69) is 30.6 Å². The first-order chi connectivity index (χ1) is 6.54. The number of nitrogens with one attached hydrogen (secondary N) is 1. The molecule has 1 aliphatic rings. The van der Waals surface area contributed by atoms with Gasteiger partial charge in [-0.05, 0) is 6.92 Å². The maximum atomic E-state index is 11.8. The highest BCUT2D eigenvalue weighted by Crippen LogP contribution is 2.14. The summed E-state index contributed by atoms with van der Waals surface area (Å²) in [6, 6.07) is 0.189. The lowest BCUT2D eigenvalue weighted by Crippen LogP contribution is -2.58. The van der Waals surface area contributed by atoms with Crippen LogP contribution in [-0.2, 0) is 4.79 Å². The van der Waals surface area contributed by atoms with E-state index >= 15 is 0 Å². The number of hydrogen-bond acceptors (Lipinski definition) is 4. The van der Waals surface area contributed by atoms with Crippen molar-refractivity contribution < 1.29 is 4.79 Å². The Morgan fingerprint density at radius 3 is 2.64 bits per heavy atom. The molecule has 0 aromatic rings. The van der Waals surface area contributed by atoms with Crippen LogP contribution in [-0.4, -0.2) is 47.0 Å². The summed E-state index contributed by atoms with van der Waals surface area (Å²) < 4.78 is 0. The number of thiol groups is 2. The highest BCUT2D eigenvalue weighted by molar-refractivity contribution is 7.81. The summed E-state index contributed by atoms with van der Waals surface area (Å²) in [6.07, 6.45) is 0. The molecule has 0 aromatic heterocycles. The molecule has 0 spiro atoms. The Hall–Kier alpha value is 0.130. The van der Waals surface area contributed by atoms with Gasteiger partial charge in [0.25, 0.3) is 0 Å². The third-order valence-corrected chi connectivity index (χ3v) is 3.05. The minimum Gasteiger partial charge on any atom is -0.335 e. The highest BCUT2D eigenvalue weighted by Gasteiger charge is 2.30. The third-order valence-electron chi connectivity index (χ3n) is 2.48. The zero-order valence-electron chi connectivity index (χ0n) is 8.60. The summed E-state index contributed by atoms with van der Waals surface area (Å²) in [6.45, 7) is 6.29. The van der Waals surface area contributed by atoms with Gasteiger partial charge < -0.3 is 10.2 Å². The van der Waals surface area contributed by atoms with Gasteiger partial charge in [0, 0.05) is 24.9 Å². The maximum Gasteiger partial charge on any atom is 0.235 e. The number of carbonyl (C=O) groups is 1. The van der Waals surface area contributed by atoms with Crippen molar-refractivity contribution in [2.75, 3.05) is 19.6 Å². The lowest BCUT2D eigenvalue weighted by Gasteiger charge is -2.39. The molecule has 3 nitrogen and oxygen atoms in total. The molecule has 5 heteroatoms. The molecule has 0 radical (unpaired) electrons. The Bertz CT molecular complexity index is 209. The molecule has 1 fully saturated rings. The van der Waals surface area contributed by atoms with Crippen LogP contribution in [0.1, 0.15) is 13.8 Å². The first-order valence-corrected chi connectivity index (χ1v) is 5.94. The van der Waals surface area contributed by atoms with Crippen molar-refractivity contribution in [3.63, 3.8) is 0 Å². The number of hydrogen-bond donors (Lipinski definition) is 3. The Labute approximate surface area is 96.4 Å². The lowest BCUT2D eigenvalue weighted by atomic mass is 10.1. The molecule has 1 N–H and O–H groups in total. The number of nitrogens with zero attached hydrogens (tertiary/aromatic N) is 1. The van der Waals surface area contributed by atoms with E-state index in [1.54, 1.807) is 0 Å². The first kappa shape index (κ1) is 12.2. The number of rotatable bonds is 2. The summed E-state index contributed by atoms with van der Waals surface area (Å²) in [4.78, 5) is 13.7. The van der Waals surface area contributed by atoms with Crippen LogP contribution in [0.2, 0.25) is 0 Å². The summed E-state index contributed by atoms with van der Waals surface area (Å²) in [5.74, 6) is 0.112. The summed E-state index contributed by atoms with van der Waals surface area (Å²) in [7, 11) is 0. The van der Waals surface area contributed by atoms with Crippen molar-refractivity contribution in [1.29, 1.82) is 0 Å².